The minimum atomic E-state index is -1.90. The maximum absolute atomic E-state index is 15.8. The molecular weight excluding hydrogens is 546 g/mol. The van der Waals surface area contributed by atoms with E-state index < -0.39 is 34.3 Å². The third-order valence-electron chi connectivity index (χ3n) is 7.07. The first-order chi connectivity index (χ1) is 19.8. The molecule has 5 rings (SSSR count). The van der Waals surface area contributed by atoms with Gasteiger partial charge in [0.1, 0.15) is 17.1 Å². The number of fused-ring (bicyclic) bond motifs is 2. The van der Waals surface area contributed by atoms with Crippen molar-refractivity contribution in [1.82, 2.24) is 20.2 Å². The molecule has 0 saturated carbocycles. The molecule has 1 aliphatic rings. The molecule has 1 heterocycles. The van der Waals surface area contributed by atoms with Crippen LogP contribution in [0.15, 0.2) is 48.7 Å². The highest BCUT2D eigenvalue weighted by Gasteiger charge is 2.39. The van der Waals surface area contributed by atoms with Crippen LogP contribution < -0.4 is 21.4 Å². The number of aryl methyl sites for hydroxylation is 1. The van der Waals surface area contributed by atoms with Gasteiger partial charge in [0.05, 0.1) is 22.0 Å². The lowest BCUT2D eigenvalue weighted by molar-refractivity contribution is -0.273. The van der Waals surface area contributed by atoms with Gasteiger partial charge in [0.15, 0.2) is 5.82 Å². The van der Waals surface area contributed by atoms with Crippen molar-refractivity contribution in [2.75, 3.05) is 11.2 Å². The number of nitrogens with two attached hydrogens (primary N) is 1. The molecule has 42 heavy (non-hydrogen) atoms. The lowest BCUT2D eigenvalue weighted by Gasteiger charge is -2.25. The van der Waals surface area contributed by atoms with Crippen LogP contribution in [0.1, 0.15) is 56.8 Å². The van der Waals surface area contributed by atoms with Gasteiger partial charge in [-0.05, 0) is 81.0 Å². The van der Waals surface area contributed by atoms with E-state index in [1.54, 1.807) is 32.9 Å². The molecular formula is C30H33F2N6O4+. The quantitative estimate of drug-likeness (QED) is 0.131. The molecule has 3 aromatic carbocycles. The molecule has 6 N–H and O–H groups in total. The number of aromatic nitrogens is 2. The summed E-state index contributed by atoms with van der Waals surface area (Å²) in [6.07, 6.45) is 2.35. The van der Waals surface area contributed by atoms with Crippen molar-refractivity contribution in [2.24, 2.45) is 0 Å². The maximum atomic E-state index is 15.8. The first kappa shape index (κ1) is 29.1. The van der Waals surface area contributed by atoms with Gasteiger partial charge in [0.2, 0.25) is 11.6 Å². The van der Waals surface area contributed by atoms with Crippen molar-refractivity contribution in [2.45, 2.75) is 58.6 Å². The number of nitrogens with one attached hydrogen (secondary N) is 2. The van der Waals surface area contributed by atoms with Gasteiger partial charge in [0, 0.05) is 23.2 Å². The van der Waals surface area contributed by atoms with Crippen LogP contribution in [-0.4, -0.2) is 32.1 Å². The molecule has 12 heteroatoms. The van der Waals surface area contributed by atoms with E-state index in [0.717, 1.165) is 17.7 Å². The Morgan fingerprint density at radius 3 is 2.64 bits per heavy atom. The van der Waals surface area contributed by atoms with E-state index in [9.17, 15) is 19.6 Å². The van der Waals surface area contributed by atoms with Crippen LogP contribution in [0.3, 0.4) is 0 Å². The molecule has 10 nitrogen and oxygen atoms in total. The van der Waals surface area contributed by atoms with E-state index in [-0.39, 0.29) is 28.5 Å². The molecule has 1 amide bonds. The fraction of sp³-hybridized carbons (Fsp3) is 0.300. The number of anilines is 2. The summed E-state index contributed by atoms with van der Waals surface area (Å²) in [5.41, 5.74) is 9.48. The molecule has 1 atom stereocenters. The van der Waals surface area contributed by atoms with Crippen molar-refractivity contribution in [3.8, 4) is 11.1 Å². The fourth-order valence-corrected chi connectivity index (χ4v) is 5.18. The summed E-state index contributed by atoms with van der Waals surface area (Å²) >= 11 is 0. The molecule has 220 valence electrons. The zero-order valence-electron chi connectivity index (χ0n) is 23.7. The third-order valence-corrected chi connectivity index (χ3v) is 7.07. The van der Waals surface area contributed by atoms with E-state index in [4.69, 9.17) is 10.5 Å². The minimum absolute atomic E-state index is 0.0588. The number of hydrogen-bond donors (Lipinski definition) is 5. The molecule has 4 aromatic rings. The Bertz CT molecular complexity index is 1690. The van der Waals surface area contributed by atoms with Gasteiger partial charge in [-0.2, -0.15) is 5.43 Å². The first-order valence-electron chi connectivity index (χ1n) is 13.5. The second-order valence-electron chi connectivity index (χ2n) is 11.3. The lowest BCUT2D eigenvalue weighted by atomic mass is 10.0. The van der Waals surface area contributed by atoms with Crippen LogP contribution in [0.4, 0.5) is 30.9 Å². The Hall–Kier alpha value is -4.39. The zero-order valence-corrected chi connectivity index (χ0v) is 23.7. The van der Waals surface area contributed by atoms with Gasteiger partial charge in [-0.15, -0.1) is 10.4 Å². The van der Waals surface area contributed by atoms with Gasteiger partial charge < -0.3 is 15.8 Å². The second-order valence-corrected chi connectivity index (χ2v) is 11.3. The summed E-state index contributed by atoms with van der Waals surface area (Å²) in [5, 5.41) is 25.9. The average Bonchev–Trinajstić information content (AvgIpc) is 3.30. The Kier molecular flexibility index (Phi) is 7.48. The molecule has 0 aliphatic heterocycles. The van der Waals surface area contributed by atoms with Crippen LogP contribution in [0.25, 0.3) is 22.0 Å². The number of halogens is 2. The monoisotopic (exact) mass is 579 g/mol. The highest BCUT2D eigenvalue weighted by Crippen LogP contribution is 2.41. The zero-order chi connectivity index (χ0) is 30.4. The van der Waals surface area contributed by atoms with Gasteiger partial charge in [-0.25, -0.2) is 23.5 Å². The number of carbonyl (C=O) groups is 1. The van der Waals surface area contributed by atoms with Crippen molar-refractivity contribution in [3.05, 3.63) is 77.0 Å². The number of alkyl carbamates (subject to hydrolysis) is 1. The Labute approximate surface area is 241 Å². The number of carbonyl (C=O) groups excluding carboxylic acids is 1. The predicted molar refractivity (Wildman–Crippen MR) is 155 cm³/mol. The lowest BCUT2D eigenvalue weighted by Crippen LogP contribution is -2.48. The number of benzene rings is 3. The summed E-state index contributed by atoms with van der Waals surface area (Å²) in [5.74, 6) is -1.79. The van der Waals surface area contributed by atoms with Gasteiger partial charge in [-0.1, -0.05) is 19.1 Å². The number of ether oxygens (including phenoxy) is 1. The fourth-order valence-electron chi connectivity index (χ4n) is 5.18. The van der Waals surface area contributed by atoms with Gasteiger partial charge >= 0.3 is 6.09 Å². The van der Waals surface area contributed by atoms with E-state index in [1.165, 1.54) is 18.3 Å². The summed E-state index contributed by atoms with van der Waals surface area (Å²) in [6, 6.07) is 9.82. The molecule has 0 spiro atoms. The van der Waals surface area contributed by atoms with Gasteiger partial charge in [0.25, 0.3) is 0 Å². The van der Waals surface area contributed by atoms with Crippen LogP contribution in [0, 0.1) is 11.6 Å². The van der Waals surface area contributed by atoms with E-state index >= 15 is 4.39 Å². The average molecular weight is 580 g/mol. The molecule has 1 aliphatic carbocycles. The van der Waals surface area contributed by atoms with Crippen LogP contribution in [0.5, 0.6) is 0 Å². The first-order valence-corrected chi connectivity index (χ1v) is 13.5. The number of nitrogens with zero attached hydrogens (tertiary/aromatic N) is 3. The largest absolute Gasteiger partial charge is 0.444 e. The molecule has 1 aromatic heterocycles. The van der Waals surface area contributed by atoms with E-state index in [0.29, 0.717) is 41.3 Å². The number of quaternary nitrogens is 1. The number of rotatable bonds is 6. The van der Waals surface area contributed by atoms with Crippen LogP contribution in [-0.2, 0) is 17.6 Å². The Balaban J connectivity index is 1.49. The van der Waals surface area contributed by atoms with Crippen molar-refractivity contribution in [1.29, 1.82) is 0 Å². The SMILES string of the molecule is CCc1cc2c(c([N+](O)(O)Nc3ccc(F)c(-c4ccc5nc(N)ncc5c4)c3F)c1)CCC2NC(=O)OC(C)(C)C. The van der Waals surface area contributed by atoms with Crippen LogP contribution >= 0.6 is 0 Å². The second kappa shape index (κ2) is 10.8. The summed E-state index contributed by atoms with van der Waals surface area (Å²) in [7, 11) is 0. The highest BCUT2D eigenvalue weighted by atomic mass is 19.1. The molecule has 0 saturated heterocycles. The minimum Gasteiger partial charge on any atom is -0.444 e. The number of hydrogen-bond acceptors (Lipinski definition) is 8. The maximum Gasteiger partial charge on any atom is 0.408 e. The van der Waals surface area contributed by atoms with Gasteiger partial charge in [-0.3, -0.25) is 0 Å². The summed E-state index contributed by atoms with van der Waals surface area (Å²) in [6.45, 7) is 7.20. The summed E-state index contributed by atoms with van der Waals surface area (Å²) < 4.78 is 36.2. The number of amides is 1. The van der Waals surface area contributed by atoms with Crippen molar-refractivity contribution >= 4 is 34.3 Å². The van der Waals surface area contributed by atoms with Crippen molar-refractivity contribution < 1.29 is 28.7 Å². The molecule has 0 bridgehead atoms. The van der Waals surface area contributed by atoms with E-state index in [2.05, 4.69) is 20.7 Å². The highest BCUT2D eigenvalue weighted by molar-refractivity contribution is 5.85. The Morgan fingerprint density at radius 1 is 1.17 bits per heavy atom. The van der Waals surface area contributed by atoms with Crippen molar-refractivity contribution in [3.63, 3.8) is 0 Å². The normalized spacial score (nSPS) is 15.0. The topological polar surface area (TPSA) is 143 Å². The van der Waals surface area contributed by atoms with E-state index in [1.807, 2.05) is 13.0 Å². The predicted octanol–water partition coefficient (Wildman–Crippen LogP) is 6.34. The number of nitrogen functional groups attached to an aromatic ring is 1. The Morgan fingerprint density at radius 2 is 1.93 bits per heavy atom. The van der Waals surface area contributed by atoms with Crippen LogP contribution in [0.2, 0.25) is 0 Å². The molecule has 0 radical (unpaired) electrons. The smallest absolute Gasteiger partial charge is 0.408 e. The standard InChI is InChI=1S/C30H32F2N6O4/c1-5-16-12-20-19(7-10-23(20)36-29(39)42-30(2,3)4)25(13-16)38(40,41)37-24-11-8-21(31)26(27(24)32)17-6-9-22-18(14-17)15-34-28(33)35-22/h6,8-9,11-15,23,37,40-41H,5,7,10H2,1-4H3,(H2-,33,34,35,36,39)/p+1. The molecule has 1 unspecified atom stereocenters. The molecule has 0 fully saturated rings. The summed E-state index contributed by atoms with van der Waals surface area (Å²) in [4.78, 5) is 18.6. The third kappa shape index (κ3) is 5.82.